The number of rotatable bonds is 2. The highest BCUT2D eigenvalue weighted by atomic mass is 35.5. The van der Waals surface area contributed by atoms with Crippen molar-refractivity contribution in [2.24, 2.45) is 0 Å². The molecule has 0 bridgehead atoms. The van der Waals surface area contributed by atoms with Gasteiger partial charge in [-0.3, -0.25) is 5.10 Å². The summed E-state index contributed by atoms with van der Waals surface area (Å²) >= 11 is 11.7. The predicted molar refractivity (Wildman–Crippen MR) is 65.7 cm³/mol. The van der Waals surface area contributed by atoms with Crippen molar-refractivity contribution < 1.29 is 9.90 Å². The molecule has 0 unspecified atom stereocenters. The lowest BCUT2D eigenvalue weighted by Gasteiger charge is -2.03. The number of carboxylic acid groups (broad SMARTS) is 1. The van der Waals surface area contributed by atoms with Gasteiger partial charge in [0.15, 0.2) is 5.69 Å². The normalized spacial score (nSPS) is 10.5. The average Bonchev–Trinajstić information content (AvgIpc) is 2.64. The molecule has 1 aromatic heterocycles. The number of carboxylic acids is 1. The molecule has 0 saturated carbocycles. The second kappa shape index (κ2) is 4.39. The zero-order chi connectivity index (χ0) is 12.6. The number of halogens is 2. The Labute approximate surface area is 107 Å². The van der Waals surface area contributed by atoms with Crippen molar-refractivity contribution in [1.29, 1.82) is 0 Å². The number of hydrogen-bond acceptors (Lipinski definition) is 2. The first-order chi connectivity index (χ1) is 8.00. The van der Waals surface area contributed by atoms with Crippen LogP contribution in [0.3, 0.4) is 0 Å². The molecule has 0 spiro atoms. The van der Waals surface area contributed by atoms with E-state index in [4.69, 9.17) is 28.3 Å². The number of hydrogen-bond donors (Lipinski definition) is 2. The summed E-state index contributed by atoms with van der Waals surface area (Å²) in [7, 11) is 0. The first-order valence-corrected chi connectivity index (χ1v) is 5.50. The molecule has 2 N–H and O–H groups in total. The van der Waals surface area contributed by atoms with E-state index in [0.29, 0.717) is 26.9 Å². The first-order valence-electron chi connectivity index (χ1n) is 4.74. The second-order valence-corrected chi connectivity index (χ2v) is 4.32. The fraction of sp³-hybridized carbons (Fsp3) is 0.0909. The molecule has 4 nitrogen and oxygen atoms in total. The lowest BCUT2D eigenvalue weighted by atomic mass is 10.0. The van der Waals surface area contributed by atoms with Crippen molar-refractivity contribution in [1.82, 2.24) is 10.2 Å². The summed E-state index contributed by atoms with van der Waals surface area (Å²) in [5.41, 5.74) is 1.83. The molecule has 0 radical (unpaired) electrons. The zero-order valence-electron chi connectivity index (χ0n) is 8.79. The molecule has 0 aliphatic rings. The molecule has 2 rings (SSSR count). The molecule has 6 heteroatoms. The van der Waals surface area contributed by atoms with Crippen LogP contribution in [0.2, 0.25) is 10.0 Å². The van der Waals surface area contributed by atoms with Gasteiger partial charge >= 0.3 is 5.97 Å². The van der Waals surface area contributed by atoms with Crippen LogP contribution in [0.15, 0.2) is 18.2 Å². The van der Waals surface area contributed by atoms with Gasteiger partial charge in [0.2, 0.25) is 0 Å². The zero-order valence-corrected chi connectivity index (χ0v) is 10.3. The summed E-state index contributed by atoms with van der Waals surface area (Å²) in [6, 6.07) is 4.95. The van der Waals surface area contributed by atoms with E-state index in [9.17, 15) is 4.79 Å². The molecular formula is C11H8Cl2N2O2. The van der Waals surface area contributed by atoms with Crippen LogP contribution in [0.5, 0.6) is 0 Å². The van der Waals surface area contributed by atoms with Gasteiger partial charge in [-0.2, -0.15) is 5.10 Å². The Kier molecular flexibility index (Phi) is 3.09. The molecule has 0 aliphatic carbocycles. The van der Waals surface area contributed by atoms with Crippen molar-refractivity contribution in [2.75, 3.05) is 0 Å². The second-order valence-electron chi connectivity index (χ2n) is 3.51. The van der Waals surface area contributed by atoms with Crippen LogP contribution >= 0.6 is 23.2 Å². The highest BCUT2D eigenvalue weighted by molar-refractivity contribution is 6.42. The molecule has 0 aliphatic heterocycles. The van der Waals surface area contributed by atoms with E-state index in [2.05, 4.69) is 10.2 Å². The summed E-state index contributed by atoms with van der Waals surface area (Å²) in [5.74, 6) is -1.09. The lowest BCUT2D eigenvalue weighted by Crippen LogP contribution is -1.99. The van der Waals surface area contributed by atoms with E-state index >= 15 is 0 Å². The maximum absolute atomic E-state index is 11.0. The van der Waals surface area contributed by atoms with Crippen LogP contribution in [0.4, 0.5) is 0 Å². The molecule has 0 amide bonds. The van der Waals surface area contributed by atoms with E-state index in [0.717, 1.165) is 0 Å². The molecule has 2 aromatic rings. The first kappa shape index (κ1) is 12.0. The number of aryl methyl sites for hydroxylation is 1. The third-order valence-corrected chi connectivity index (χ3v) is 3.10. The van der Waals surface area contributed by atoms with Crippen LogP contribution in [0, 0.1) is 6.92 Å². The van der Waals surface area contributed by atoms with Crippen molar-refractivity contribution in [2.45, 2.75) is 6.92 Å². The minimum Gasteiger partial charge on any atom is -0.476 e. The summed E-state index contributed by atoms with van der Waals surface area (Å²) in [6.45, 7) is 1.75. The maximum Gasteiger partial charge on any atom is 0.357 e. The molecule has 0 saturated heterocycles. The van der Waals surface area contributed by atoms with Crippen LogP contribution in [0.25, 0.3) is 11.1 Å². The minimum absolute atomic E-state index is 0.0270. The molecule has 0 atom stereocenters. The van der Waals surface area contributed by atoms with Gasteiger partial charge in [0.1, 0.15) is 0 Å². The largest absolute Gasteiger partial charge is 0.476 e. The van der Waals surface area contributed by atoms with Crippen LogP contribution < -0.4 is 0 Å². The summed E-state index contributed by atoms with van der Waals surface area (Å²) in [5, 5.41) is 16.2. The lowest BCUT2D eigenvalue weighted by molar-refractivity contribution is 0.0691. The smallest absolute Gasteiger partial charge is 0.357 e. The van der Waals surface area contributed by atoms with Gasteiger partial charge in [-0.15, -0.1) is 0 Å². The van der Waals surface area contributed by atoms with Crippen molar-refractivity contribution in [3.63, 3.8) is 0 Å². The Balaban J connectivity index is 2.63. The third kappa shape index (κ3) is 2.14. The van der Waals surface area contributed by atoms with E-state index in [-0.39, 0.29) is 5.69 Å². The summed E-state index contributed by atoms with van der Waals surface area (Å²) < 4.78 is 0. The molecule has 1 heterocycles. The SMILES string of the molecule is Cc1[nH]nc(C(=O)O)c1-c1ccc(Cl)c(Cl)c1. The van der Waals surface area contributed by atoms with Crippen molar-refractivity contribution in [3.8, 4) is 11.1 Å². The van der Waals surface area contributed by atoms with Gasteiger partial charge in [0, 0.05) is 11.3 Å². The number of aromatic carboxylic acids is 1. The highest BCUT2D eigenvalue weighted by Crippen LogP contribution is 2.31. The number of aromatic amines is 1. The Bertz CT molecular complexity index is 593. The quantitative estimate of drug-likeness (QED) is 0.879. The molecule has 88 valence electrons. The Hall–Kier alpha value is -1.52. The number of carbonyl (C=O) groups is 1. The molecule has 17 heavy (non-hydrogen) atoms. The maximum atomic E-state index is 11.0. The summed E-state index contributed by atoms with van der Waals surface area (Å²) in [6.07, 6.45) is 0. The number of aromatic nitrogens is 2. The molecule has 1 aromatic carbocycles. The van der Waals surface area contributed by atoms with E-state index in [1.54, 1.807) is 25.1 Å². The molecule has 0 fully saturated rings. The predicted octanol–water partition coefficient (Wildman–Crippen LogP) is 3.39. The van der Waals surface area contributed by atoms with Crippen LogP contribution in [0.1, 0.15) is 16.2 Å². The fourth-order valence-electron chi connectivity index (χ4n) is 1.59. The number of nitrogens with one attached hydrogen (secondary N) is 1. The van der Waals surface area contributed by atoms with Gasteiger partial charge < -0.3 is 5.11 Å². The Morgan fingerprint density at radius 3 is 2.65 bits per heavy atom. The Morgan fingerprint density at radius 2 is 2.06 bits per heavy atom. The van der Waals surface area contributed by atoms with Gasteiger partial charge in [-0.1, -0.05) is 29.3 Å². The van der Waals surface area contributed by atoms with Gasteiger partial charge in [0.25, 0.3) is 0 Å². The van der Waals surface area contributed by atoms with E-state index < -0.39 is 5.97 Å². The summed E-state index contributed by atoms with van der Waals surface area (Å²) in [4.78, 5) is 11.0. The van der Waals surface area contributed by atoms with E-state index in [1.807, 2.05) is 0 Å². The number of nitrogens with zero attached hydrogens (tertiary/aromatic N) is 1. The fourth-order valence-corrected chi connectivity index (χ4v) is 1.89. The van der Waals surface area contributed by atoms with Crippen molar-refractivity contribution in [3.05, 3.63) is 39.6 Å². The molecular weight excluding hydrogens is 263 g/mol. The monoisotopic (exact) mass is 270 g/mol. The van der Waals surface area contributed by atoms with Gasteiger partial charge in [-0.25, -0.2) is 4.79 Å². The number of H-pyrrole nitrogens is 1. The minimum atomic E-state index is -1.09. The van der Waals surface area contributed by atoms with Crippen molar-refractivity contribution >= 4 is 29.2 Å². The van der Waals surface area contributed by atoms with Crippen LogP contribution in [-0.4, -0.2) is 21.3 Å². The van der Waals surface area contributed by atoms with Gasteiger partial charge in [-0.05, 0) is 24.6 Å². The topological polar surface area (TPSA) is 66.0 Å². The number of benzene rings is 1. The van der Waals surface area contributed by atoms with E-state index in [1.165, 1.54) is 0 Å². The van der Waals surface area contributed by atoms with Crippen LogP contribution in [-0.2, 0) is 0 Å². The standard InChI is InChI=1S/C11H8Cl2N2O2/c1-5-9(10(11(16)17)15-14-5)6-2-3-7(12)8(13)4-6/h2-4H,1H3,(H,14,15)(H,16,17). The van der Waals surface area contributed by atoms with Gasteiger partial charge in [0.05, 0.1) is 10.0 Å². The average molecular weight is 271 g/mol. The Morgan fingerprint density at radius 1 is 1.35 bits per heavy atom. The highest BCUT2D eigenvalue weighted by Gasteiger charge is 2.18. The third-order valence-electron chi connectivity index (χ3n) is 2.36.